The molecule has 0 bridgehead atoms. The van der Waals surface area contributed by atoms with Gasteiger partial charge in [0, 0.05) is 12.2 Å². The van der Waals surface area contributed by atoms with Crippen LogP contribution in [0.2, 0.25) is 0 Å². The largest absolute Gasteiger partial charge is 0.309 e. The topological polar surface area (TPSA) is 45.2 Å². The summed E-state index contributed by atoms with van der Waals surface area (Å²) in [5, 5.41) is 3.21. The van der Waals surface area contributed by atoms with Crippen LogP contribution in [-0.2, 0) is 4.79 Å². The third-order valence-electron chi connectivity index (χ3n) is 4.90. The summed E-state index contributed by atoms with van der Waals surface area (Å²) >= 11 is 0. The summed E-state index contributed by atoms with van der Waals surface area (Å²) in [4.78, 5) is 19.4. The van der Waals surface area contributed by atoms with Gasteiger partial charge >= 0.3 is 0 Å². The van der Waals surface area contributed by atoms with Crippen LogP contribution in [0.3, 0.4) is 0 Å². The van der Waals surface area contributed by atoms with Crippen molar-refractivity contribution >= 4 is 11.7 Å². The van der Waals surface area contributed by atoms with Crippen LogP contribution >= 0.6 is 0 Å². The van der Waals surface area contributed by atoms with Crippen molar-refractivity contribution in [3.05, 3.63) is 24.4 Å². The lowest BCUT2D eigenvalue weighted by atomic mass is 9.90. The Hall–Kier alpha value is -1.42. The van der Waals surface area contributed by atoms with E-state index in [-0.39, 0.29) is 11.9 Å². The molecular formula is C16H23N3O. The SMILES string of the molecule is CNC1C(=O)N(c2ccccn2)C2CCCC2CC1C. The molecular weight excluding hydrogens is 250 g/mol. The summed E-state index contributed by atoms with van der Waals surface area (Å²) in [5.41, 5.74) is 0. The number of carbonyl (C=O) groups excluding carboxylic acids is 1. The number of hydrogen-bond donors (Lipinski definition) is 1. The van der Waals surface area contributed by atoms with Crippen LogP contribution in [0.25, 0.3) is 0 Å². The lowest BCUT2D eigenvalue weighted by molar-refractivity contribution is -0.121. The molecule has 108 valence electrons. The first kappa shape index (κ1) is 13.6. The molecule has 1 amide bonds. The average Bonchev–Trinajstić information content (AvgIpc) is 2.85. The Kier molecular flexibility index (Phi) is 3.74. The highest BCUT2D eigenvalue weighted by Crippen LogP contribution is 2.39. The van der Waals surface area contributed by atoms with Crippen molar-refractivity contribution in [2.75, 3.05) is 11.9 Å². The third kappa shape index (κ3) is 2.22. The molecule has 0 radical (unpaired) electrons. The molecule has 4 atom stereocenters. The van der Waals surface area contributed by atoms with Crippen LogP contribution in [-0.4, -0.2) is 30.0 Å². The number of anilines is 1. The minimum Gasteiger partial charge on any atom is -0.309 e. The van der Waals surface area contributed by atoms with Crippen molar-refractivity contribution in [2.45, 2.75) is 44.7 Å². The maximum Gasteiger partial charge on any atom is 0.245 e. The van der Waals surface area contributed by atoms with Gasteiger partial charge in [0.2, 0.25) is 5.91 Å². The van der Waals surface area contributed by atoms with E-state index in [9.17, 15) is 4.79 Å². The van der Waals surface area contributed by atoms with Gasteiger partial charge in [0.15, 0.2) is 0 Å². The molecule has 3 rings (SSSR count). The highest BCUT2D eigenvalue weighted by atomic mass is 16.2. The fourth-order valence-electron chi connectivity index (χ4n) is 3.99. The smallest absolute Gasteiger partial charge is 0.245 e. The fraction of sp³-hybridized carbons (Fsp3) is 0.625. The van der Waals surface area contributed by atoms with Gasteiger partial charge in [0.1, 0.15) is 5.82 Å². The number of nitrogens with one attached hydrogen (secondary N) is 1. The summed E-state index contributed by atoms with van der Waals surface area (Å²) < 4.78 is 0. The molecule has 1 aromatic rings. The van der Waals surface area contributed by atoms with Crippen molar-refractivity contribution in [2.24, 2.45) is 11.8 Å². The molecule has 1 saturated carbocycles. The van der Waals surface area contributed by atoms with Gasteiger partial charge in [0.05, 0.1) is 6.04 Å². The molecule has 1 saturated heterocycles. The molecule has 1 aliphatic heterocycles. The highest BCUT2D eigenvalue weighted by molar-refractivity contribution is 5.97. The maximum absolute atomic E-state index is 13.0. The molecule has 0 aromatic carbocycles. The fourth-order valence-corrected chi connectivity index (χ4v) is 3.99. The van der Waals surface area contributed by atoms with E-state index in [2.05, 4.69) is 17.2 Å². The van der Waals surface area contributed by atoms with Crippen LogP contribution in [0.5, 0.6) is 0 Å². The zero-order valence-corrected chi connectivity index (χ0v) is 12.2. The van der Waals surface area contributed by atoms with Crippen LogP contribution in [0.1, 0.15) is 32.6 Å². The molecule has 2 fully saturated rings. The van der Waals surface area contributed by atoms with Gasteiger partial charge < -0.3 is 5.32 Å². The summed E-state index contributed by atoms with van der Waals surface area (Å²) in [6, 6.07) is 6.05. The number of hydrogen-bond acceptors (Lipinski definition) is 3. The highest BCUT2D eigenvalue weighted by Gasteiger charge is 2.44. The van der Waals surface area contributed by atoms with Gasteiger partial charge in [-0.25, -0.2) is 4.98 Å². The zero-order valence-electron chi connectivity index (χ0n) is 12.2. The minimum absolute atomic E-state index is 0.0948. The molecule has 1 aromatic heterocycles. The number of pyridine rings is 1. The standard InChI is InChI=1S/C16H23N3O/c1-11-10-12-6-5-7-13(12)19(16(20)15(11)17-2)14-8-3-4-9-18-14/h3-4,8-9,11-13,15,17H,5-7,10H2,1-2H3. The first-order valence-electron chi connectivity index (χ1n) is 7.63. The van der Waals surface area contributed by atoms with E-state index in [1.807, 2.05) is 30.1 Å². The van der Waals surface area contributed by atoms with Crippen molar-refractivity contribution < 1.29 is 4.79 Å². The summed E-state index contributed by atoms with van der Waals surface area (Å²) in [6.07, 6.45) is 6.47. The van der Waals surface area contributed by atoms with Crippen LogP contribution in [0, 0.1) is 11.8 Å². The Morgan fingerprint density at radius 1 is 1.35 bits per heavy atom. The number of nitrogens with zero attached hydrogens (tertiary/aromatic N) is 2. The van der Waals surface area contributed by atoms with Gasteiger partial charge in [-0.3, -0.25) is 9.69 Å². The molecule has 4 heteroatoms. The summed E-state index contributed by atoms with van der Waals surface area (Å²) in [7, 11) is 1.89. The Balaban J connectivity index is 2.00. The molecule has 4 nitrogen and oxygen atoms in total. The van der Waals surface area contributed by atoms with Crippen molar-refractivity contribution in [1.29, 1.82) is 0 Å². The van der Waals surface area contributed by atoms with Gasteiger partial charge in [0.25, 0.3) is 0 Å². The molecule has 0 spiro atoms. The minimum atomic E-state index is -0.0948. The Morgan fingerprint density at radius 3 is 2.90 bits per heavy atom. The molecule has 1 aliphatic carbocycles. The maximum atomic E-state index is 13.0. The first-order valence-corrected chi connectivity index (χ1v) is 7.63. The van der Waals surface area contributed by atoms with Crippen molar-refractivity contribution in [1.82, 2.24) is 10.3 Å². The van der Waals surface area contributed by atoms with Crippen LogP contribution < -0.4 is 10.2 Å². The van der Waals surface area contributed by atoms with Crippen molar-refractivity contribution in [3.8, 4) is 0 Å². The average molecular weight is 273 g/mol. The second-order valence-electron chi connectivity index (χ2n) is 6.13. The Bertz CT molecular complexity index is 476. The molecule has 20 heavy (non-hydrogen) atoms. The van der Waals surface area contributed by atoms with E-state index in [0.29, 0.717) is 17.9 Å². The van der Waals surface area contributed by atoms with Crippen molar-refractivity contribution in [3.63, 3.8) is 0 Å². The second-order valence-corrected chi connectivity index (χ2v) is 6.13. The first-order chi connectivity index (χ1) is 9.72. The van der Waals surface area contributed by atoms with E-state index in [1.165, 1.54) is 12.8 Å². The van der Waals surface area contributed by atoms with E-state index in [1.54, 1.807) is 6.20 Å². The number of aromatic nitrogens is 1. The number of fused-ring (bicyclic) bond motifs is 1. The summed E-state index contributed by atoms with van der Waals surface area (Å²) in [5.74, 6) is 2.00. The van der Waals surface area contributed by atoms with Gasteiger partial charge in [-0.05, 0) is 50.3 Å². The van der Waals surface area contributed by atoms with Crippen LogP contribution in [0.15, 0.2) is 24.4 Å². The van der Waals surface area contributed by atoms with E-state index >= 15 is 0 Å². The lowest BCUT2D eigenvalue weighted by Gasteiger charge is -2.31. The van der Waals surface area contributed by atoms with E-state index < -0.39 is 0 Å². The quantitative estimate of drug-likeness (QED) is 0.898. The molecule has 1 N–H and O–H groups in total. The van der Waals surface area contributed by atoms with Gasteiger partial charge in [-0.2, -0.15) is 0 Å². The summed E-state index contributed by atoms with van der Waals surface area (Å²) in [6.45, 7) is 2.19. The third-order valence-corrected chi connectivity index (χ3v) is 4.90. The predicted octanol–water partition coefficient (Wildman–Crippen LogP) is 2.21. The molecule has 4 unspecified atom stereocenters. The monoisotopic (exact) mass is 273 g/mol. The normalized spacial score (nSPS) is 33.9. The molecule has 2 heterocycles. The van der Waals surface area contributed by atoms with Gasteiger partial charge in [-0.1, -0.05) is 19.4 Å². The number of likely N-dealkylation sites (N-methyl/N-ethyl adjacent to an activating group) is 1. The van der Waals surface area contributed by atoms with E-state index in [4.69, 9.17) is 0 Å². The van der Waals surface area contributed by atoms with Gasteiger partial charge in [-0.15, -0.1) is 0 Å². The lowest BCUT2D eigenvalue weighted by Crippen LogP contribution is -2.50. The predicted molar refractivity (Wildman–Crippen MR) is 79.5 cm³/mol. The number of rotatable bonds is 2. The second kappa shape index (κ2) is 5.52. The molecule has 2 aliphatic rings. The number of carbonyl (C=O) groups is 1. The Morgan fingerprint density at radius 2 is 2.20 bits per heavy atom. The Labute approximate surface area is 120 Å². The van der Waals surface area contributed by atoms with Crippen LogP contribution in [0.4, 0.5) is 5.82 Å². The van der Waals surface area contributed by atoms with E-state index in [0.717, 1.165) is 18.7 Å². The number of amides is 1. The zero-order chi connectivity index (χ0) is 14.1.